The number of Topliss-reactive ketones (excluding diaryl/α,β-unsaturated/α-hetero) is 1. The first kappa shape index (κ1) is 25.0. The molecule has 5 rings (SSSR count). The fourth-order valence-electron chi connectivity index (χ4n) is 4.42. The van der Waals surface area contributed by atoms with Gasteiger partial charge in [0.05, 0.1) is 33.5 Å². The second kappa shape index (κ2) is 10.4. The van der Waals surface area contributed by atoms with Gasteiger partial charge in [-0.2, -0.15) is 0 Å². The van der Waals surface area contributed by atoms with Crippen molar-refractivity contribution >= 4 is 27.8 Å². The molecule has 2 aliphatic rings. The Labute approximate surface area is 222 Å². The molecule has 8 nitrogen and oxygen atoms in total. The number of carbonyl (C=O) groups is 1. The molecule has 3 aromatic carbocycles. The second-order valence-electron chi connectivity index (χ2n) is 8.46. The van der Waals surface area contributed by atoms with E-state index in [4.69, 9.17) is 33.2 Å². The number of fused-ring (bicyclic) bond motifs is 2. The van der Waals surface area contributed by atoms with Crippen molar-refractivity contribution in [2.24, 2.45) is 0 Å². The van der Waals surface area contributed by atoms with Gasteiger partial charge < -0.3 is 33.2 Å². The van der Waals surface area contributed by atoms with E-state index in [0.29, 0.717) is 46.5 Å². The highest BCUT2D eigenvalue weighted by Gasteiger charge is 2.30. The van der Waals surface area contributed by atoms with Crippen molar-refractivity contribution in [1.29, 1.82) is 0 Å². The van der Waals surface area contributed by atoms with Crippen LogP contribution in [0.1, 0.15) is 32.6 Å². The van der Waals surface area contributed by atoms with Crippen LogP contribution in [0, 0.1) is 6.92 Å². The van der Waals surface area contributed by atoms with Crippen LogP contribution in [0.2, 0.25) is 0 Å². The van der Waals surface area contributed by atoms with E-state index in [-0.39, 0.29) is 24.9 Å². The Hall–Kier alpha value is -3.69. The molecule has 0 aliphatic carbocycles. The lowest BCUT2D eigenvalue weighted by molar-refractivity contribution is -0.0176. The monoisotopic (exact) mass is 568 g/mol. The summed E-state index contributed by atoms with van der Waals surface area (Å²) in [6.07, 6.45) is 1.65. The number of halogens is 1. The zero-order valence-corrected chi connectivity index (χ0v) is 22.4. The summed E-state index contributed by atoms with van der Waals surface area (Å²) in [5.41, 5.74) is 3.78. The number of benzene rings is 3. The normalized spacial score (nSPS) is 14.9. The lowest BCUT2D eigenvalue weighted by Crippen LogP contribution is -2.14. The van der Waals surface area contributed by atoms with Crippen LogP contribution in [0.4, 0.5) is 0 Å². The predicted molar refractivity (Wildman–Crippen MR) is 139 cm³/mol. The quantitative estimate of drug-likeness (QED) is 0.328. The van der Waals surface area contributed by atoms with Crippen LogP contribution in [-0.4, -0.2) is 33.9 Å². The van der Waals surface area contributed by atoms with Gasteiger partial charge in [-0.15, -0.1) is 0 Å². The van der Waals surface area contributed by atoms with E-state index in [9.17, 15) is 4.79 Å². The van der Waals surface area contributed by atoms with E-state index < -0.39 is 0 Å². The second-order valence-corrected chi connectivity index (χ2v) is 9.38. The molecular weight excluding hydrogens is 544 g/mol. The molecule has 0 fully saturated rings. The van der Waals surface area contributed by atoms with Gasteiger partial charge in [0.1, 0.15) is 23.9 Å². The van der Waals surface area contributed by atoms with Gasteiger partial charge in [0.25, 0.3) is 0 Å². The first-order valence-electron chi connectivity index (χ1n) is 11.4. The lowest BCUT2D eigenvalue weighted by atomic mass is 10.0. The molecule has 0 spiro atoms. The summed E-state index contributed by atoms with van der Waals surface area (Å²) >= 11 is 3.53. The van der Waals surface area contributed by atoms with Crippen molar-refractivity contribution in [3.05, 3.63) is 74.4 Å². The van der Waals surface area contributed by atoms with Crippen molar-refractivity contribution in [2.75, 3.05) is 28.1 Å². The van der Waals surface area contributed by atoms with Crippen LogP contribution in [0.3, 0.4) is 0 Å². The fraction of sp³-hybridized carbons (Fsp3) is 0.250. The molecule has 0 amide bonds. The zero-order chi connectivity index (χ0) is 26.1. The van der Waals surface area contributed by atoms with Gasteiger partial charge in [-0.25, -0.2) is 0 Å². The van der Waals surface area contributed by atoms with Crippen LogP contribution >= 0.6 is 15.9 Å². The Morgan fingerprint density at radius 2 is 1.76 bits per heavy atom. The summed E-state index contributed by atoms with van der Waals surface area (Å²) in [4.78, 5) is 13.2. The molecule has 3 aromatic rings. The van der Waals surface area contributed by atoms with E-state index >= 15 is 0 Å². The largest absolute Gasteiger partial charge is 0.493 e. The maximum absolute atomic E-state index is 13.2. The molecule has 0 unspecified atom stereocenters. The number of hydrogen-bond acceptors (Lipinski definition) is 8. The highest BCUT2D eigenvalue weighted by Crippen LogP contribution is 2.41. The van der Waals surface area contributed by atoms with Crippen molar-refractivity contribution in [1.82, 2.24) is 0 Å². The SMILES string of the molecule is COc1cc(/C=C2\Oc3cc(OCc4cc(Br)cc5c4OCOC5)cc(C)c3C2=O)cc(OC)c1OC. The molecule has 37 heavy (non-hydrogen) atoms. The zero-order valence-electron chi connectivity index (χ0n) is 20.8. The first-order valence-corrected chi connectivity index (χ1v) is 12.2. The minimum atomic E-state index is -0.206. The maximum Gasteiger partial charge on any atom is 0.232 e. The standard InChI is InChI=1S/C28H25BrO8/c1-15-5-20(35-13-18-10-19(29)9-17-12-34-14-36-27(17)18)11-21-25(15)26(30)22(37-21)6-16-7-23(31-2)28(33-4)24(8-16)32-3/h5-11H,12-14H2,1-4H3/b22-6-. The van der Waals surface area contributed by atoms with Crippen LogP contribution in [0.5, 0.6) is 34.5 Å². The van der Waals surface area contributed by atoms with Crippen LogP contribution < -0.4 is 28.4 Å². The minimum Gasteiger partial charge on any atom is -0.493 e. The third kappa shape index (κ3) is 4.84. The third-order valence-corrected chi connectivity index (χ3v) is 6.53. The average molecular weight is 569 g/mol. The number of ether oxygens (including phenoxy) is 7. The first-order chi connectivity index (χ1) is 17.9. The topological polar surface area (TPSA) is 81.7 Å². The predicted octanol–water partition coefficient (Wildman–Crippen LogP) is 5.85. The van der Waals surface area contributed by atoms with Gasteiger partial charge >= 0.3 is 0 Å². The number of hydrogen-bond donors (Lipinski definition) is 0. The molecule has 2 heterocycles. The molecule has 0 radical (unpaired) electrons. The summed E-state index contributed by atoms with van der Waals surface area (Å²) in [6, 6.07) is 11.0. The van der Waals surface area contributed by atoms with E-state index in [1.807, 2.05) is 25.1 Å². The van der Waals surface area contributed by atoms with Gasteiger partial charge in [0, 0.05) is 21.7 Å². The molecule has 0 atom stereocenters. The molecule has 192 valence electrons. The Kier molecular flexibility index (Phi) is 6.99. The van der Waals surface area contributed by atoms with Crippen molar-refractivity contribution in [3.8, 4) is 34.5 Å². The molecule has 2 aliphatic heterocycles. The lowest BCUT2D eigenvalue weighted by Gasteiger charge is -2.21. The Morgan fingerprint density at radius 3 is 2.46 bits per heavy atom. The highest BCUT2D eigenvalue weighted by molar-refractivity contribution is 9.10. The third-order valence-electron chi connectivity index (χ3n) is 6.07. The van der Waals surface area contributed by atoms with Crippen LogP contribution in [0.15, 0.2) is 46.6 Å². The van der Waals surface area contributed by atoms with Gasteiger partial charge in [-0.3, -0.25) is 4.79 Å². The van der Waals surface area contributed by atoms with Crippen molar-refractivity contribution < 1.29 is 38.0 Å². The molecular formula is C28H25BrO8. The van der Waals surface area contributed by atoms with Gasteiger partial charge in [0.2, 0.25) is 11.5 Å². The molecule has 0 bridgehead atoms. The fourth-order valence-corrected chi connectivity index (χ4v) is 4.97. The van der Waals surface area contributed by atoms with Crippen molar-refractivity contribution in [3.63, 3.8) is 0 Å². The van der Waals surface area contributed by atoms with E-state index in [1.165, 1.54) is 21.3 Å². The maximum atomic E-state index is 13.2. The van der Waals surface area contributed by atoms with E-state index in [1.54, 1.807) is 24.3 Å². The Bertz CT molecular complexity index is 1390. The van der Waals surface area contributed by atoms with Gasteiger partial charge in [0.15, 0.2) is 24.1 Å². The molecule has 0 saturated carbocycles. The Morgan fingerprint density at radius 1 is 1.00 bits per heavy atom. The summed E-state index contributed by atoms with van der Waals surface area (Å²) in [5.74, 6) is 3.22. The summed E-state index contributed by atoms with van der Waals surface area (Å²) < 4.78 is 40.3. The number of carbonyl (C=O) groups excluding carboxylic acids is 1. The number of allylic oxidation sites excluding steroid dienone is 1. The number of aryl methyl sites for hydroxylation is 1. The molecule has 0 aromatic heterocycles. The van der Waals surface area contributed by atoms with Crippen molar-refractivity contribution in [2.45, 2.75) is 20.1 Å². The average Bonchev–Trinajstić information content (AvgIpc) is 3.21. The van der Waals surface area contributed by atoms with Crippen LogP contribution in [0.25, 0.3) is 6.08 Å². The summed E-state index contributed by atoms with van der Waals surface area (Å²) in [6.45, 7) is 2.83. The van der Waals surface area contributed by atoms with E-state index in [2.05, 4.69) is 15.9 Å². The minimum absolute atomic E-state index is 0.194. The molecule has 0 saturated heterocycles. The molecule has 0 N–H and O–H groups in total. The summed E-state index contributed by atoms with van der Waals surface area (Å²) in [7, 11) is 4.61. The van der Waals surface area contributed by atoms with Crippen LogP contribution in [-0.2, 0) is 18.0 Å². The summed E-state index contributed by atoms with van der Waals surface area (Å²) in [5, 5.41) is 0. The number of rotatable bonds is 7. The Balaban J connectivity index is 1.40. The number of ketones is 1. The van der Waals surface area contributed by atoms with E-state index in [0.717, 1.165) is 26.9 Å². The smallest absolute Gasteiger partial charge is 0.232 e. The molecule has 9 heteroatoms. The van der Waals surface area contributed by atoms with Gasteiger partial charge in [-0.1, -0.05) is 15.9 Å². The highest BCUT2D eigenvalue weighted by atomic mass is 79.9. The van der Waals surface area contributed by atoms with Gasteiger partial charge in [-0.05, 0) is 54.5 Å². The number of methoxy groups -OCH3 is 3.